The predicted molar refractivity (Wildman–Crippen MR) is 133 cm³/mol. The SMILES string of the molecule is COc1cc2c(cc1OC)[C@]1(CC[C@@H](C(=O)O)CC1)N(CCCN1C(=O)c3ccccc3C1=O)CC2. The lowest BCUT2D eigenvalue weighted by atomic mass is 9.68. The summed E-state index contributed by atoms with van der Waals surface area (Å²) in [6.07, 6.45) is 4.18. The van der Waals surface area contributed by atoms with Crippen molar-refractivity contribution in [2.45, 2.75) is 44.1 Å². The standard InChI is InChI=1S/C28H32N2O6/c1-35-23-16-19-10-15-29(13-5-14-30-25(31)20-6-3-4-7-21(20)26(30)32)28(22(19)17-24(23)36-2)11-8-18(9-12-28)27(33)34/h3-4,6-7,16-18H,5,8-15H2,1-2H3,(H,33,34)/t18-,28-. The van der Waals surface area contributed by atoms with Crippen molar-refractivity contribution in [3.8, 4) is 11.5 Å². The van der Waals surface area contributed by atoms with Crippen LogP contribution in [0.25, 0.3) is 0 Å². The number of carboxylic acid groups (broad SMARTS) is 1. The van der Waals surface area contributed by atoms with Gasteiger partial charge in [0.05, 0.1) is 31.3 Å². The number of amides is 2. The van der Waals surface area contributed by atoms with E-state index >= 15 is 0 Å². The monoisotopic (exact) mass is 492 g/mol. The van der Waals surface area contributed by atoms with Gasteiger partial charge in [0.15, 0.2) is 11.5 Å². The van der Waals surface area contributed by atoms with E-state index in [2.05, 4.69) is 17.0 Å². The summed E-state index contributed by atoms with van der Waals surface area (Å²) in [4.78, 5) is 41.1. The molecule has 1 aliphatic carbocycles. The zero-order valence-electron chi connectivity index (χ0n) is 20.8. The first kappa shape index (κ1) is 24.3. The summed E-state index contributed by atoms with van der Waals surface area (Å²) in [7, 11) is 3.26. The number of imide groups is 1. The third-order valence-corrected chi connectivity index (χ3v) is 8.22. The molecule has 8 heteroatoms. The molecule has 2 aromatic carbocycles. The Labute approximate surface area is 210 Å². The number of hydrogen-bond acceptors (Lipinski definition) is 6. The first-order chi connectivity index (χ1) is 17.4. The van der Waals surface area contributed by atoms with Crippen molar-refractivity contribution in [3.05, 3.63) is 58.7 Å². The zero-order valence-corrected chi connectivity index (χ0v) is 20.8. The molecule has 0 radical (unpaired) electrons. The second-order valence-electron chi connectivity index (χ2n) is 9.91. The van der Waals surface area contributed by atoms with Gasteiger partial charge in [0.1, 0.15) is 0 Å². The van der Waals surface area contributed by atoms with Gasteiger partial charge in [-0.25, -0.2) is 0 Å². The molecule has 0 atom stereocenters. The largest absolute Gasteiger partial charge is 0.493 e. The smallest absolute Gasteiger partial charge is 0.306 e. The molecule has 1 spiro atoms. The fourth-order valence-corrected chi connectivity index (χ4v) is 6.32. The molecule has 190 valence electrons. The molecule has 2 aliphatic heterocycles. The van der Waals surface area contributed by atoms with Crippen molar-refractivity contribution >= 4 is 17.8 Å². The fraction of sp³-hybridized carbons (Fsp3) is 0.464. The van der Waals surface area contributed by atoms with Crippen LogP contribution in [-0.2, 0) is 16.8 Å². The van der Waals surface area contributed by atoms with E-state index in [4.69, 9.17) is 9.47 Å². The van der Waals surface area contributed by atoms with Gasteiger partial charge in [0.25, 0.3) is 11.8 Å². The number of rotatable bonds is 7. The van der Waals surface area contributed by atoms with Gasteiger partial charge in [-0.3, -0.25) is 24.2 Å². The first-order valence-electron chi connectivity index (χ1n) is 12.6. The molecule has 0 saturated heterocycles. The minimum Gasteiger partial charge on any atom is -0.493 e. The van der Waals surface area contributed by atoms with Crippen molar-refractivity contribution in [2.75, 3.05) is 33.9 Å². The van der Waals surface area contributed by atoms with Crippen molar-refractivity contribution in [1.82, 2.24) is 9.80 Å². The van der Waals surface area contributed by atoms with Gasteiger partial charge < -0.3 is 14.6 Å². The third kappa shape index (κ3) is 3.93. The molecule has 3 aliphatic rings. The number of aliphatic carboxylic acids is 1. The topological polar surface area (TPSA) is 96.4 Å². The second kappa shape index (κ2) is 9.58. The summed E-state index contributed by atoms with van der Waals surface area (Å²) in [5, 5.41) is 9.60. The predicted octanol–water partition coefficient (Wildman–Crippen LogP) is 3.72. The summed E-state index contributed by atoms with van der Waals surface area (Å²) in [5.41, 5.74) is 3.02. The van der Waals surface area contributed by atoms with Gasteiger partial charge in [-0.05, 0) is 73.9 Å². The quantitative estimate of drug-likeness (QED) is 0.589. The van der Waals surface area contributed by atoms with Crippen LogP contribution in [0.2, 0.25) is 0 Å². The maximum atomic E-state index is 12.8. The Kier molecular flexibility index (Phi) is 6.47. The minimum atomic E-state index is -0.731. The summed E-state index contributed by atoms with van der Waals surface area (Å²) >= 11 is 0. The van der Waals surface area contributed by atoms with Crippen LogP contribution in [-0.4, -0.2) is 66.5 Å². The molecule has 36 heavy (non-hydrogen) atoms. The molecule has 1 N–H and O–H groups in total. The van der Waals surface area contributed by atoms with Crippen LogP contribution in [0.4, 0.5) is 0 Å². The van der Waals surface area contributed by atoms with E-state index < -0.39 is 5.97 Å². The van der Waals surface area contributed by atoms with Crippen LogP contribution in [0.1, 0.15) is 63.9 Å². The summed E-state index contributed by atoms with van der Waals surface area (Å²) < 4.78 is 11.2. The number of benzene rings is 2. The van der Waals surface area contributed by atoms with Gasteiger partial charge >= 0.3 is 5.97 Å². The number of carbonyl (C=O) groups is 3. The molecular weight excluding hydrogens is 460 g/mol. The van der Waals surface area contributed by atoms with Crippen molar-refractivity contribution in [1.29, 1.82) is 0 Å². The van der Waals surface area contributed by atoms with E-state index in [0.717, 1.165) is 25.8 Å². The number of methoxy groups -OCH3 is 2. The van der Waals surface area contributed by atoms with Gasteiger partial charge in [-0.15, -0.1) is 0 Å². The molecule has 0 bridgehead atoms. The minimum absolute atomic E-state index is 0.229. The maximum absolute atomic E-state index is 12.8. The van der Waals surface area contributed by atoms with Crippen LogP contribution in [0, 0.1) is 5.92 Å². The van der Waals surface area contributed by atoms with Gasteiger partial charge in [0, 0.05) is 25.2 Å². The lowest BCUT2D eigenvalue weighted by Crippen LogP contribution is -2.53. The highest BCUT2D eigenvalue weighted by atomic mass is 16.5. The lowest BCUT2D eigenvalue weighted by Gasteiger charge is -2.52. The maximum Gasteiger partial charge on any atom is 0.306 e. The summed E-state index contributed by atoms with van der Waals surface area (Å²) in [6, 6.07) is 11.1. The van der Waals surface area contributed by atoms with Crippen LogP contribution in [0.3, 0.4) is 0 Å². The Hall–Kier alpha value is -3.39. The van der Waals surface area contributed by atoms with Crippen LogP contribution in [0.15, 0.2) is 36.4 Å². The molecule has 0 aromatic heterocycles. The van der Waals surface area contributed by atoms with Crippen molar-refractivity contribution in [3.63, 3.8) is 0 Å². The van der Waals surface area contributed by atoms with E-state index in [-0.39, 0.29) is 23.3 Å². The van der Waals surface area contributed by atoms with E-state index in [1.807, 2.05) is 0 Å². The molecule has 1 fully saturated rings. The Morgan fingerprint density at radius 3 is 2.19 bits per heavy atom. The zero-order chi connectivity index (χ0) is 25.4. The Bertz CT molecular complexity index is 1170. The van der Waals surface area contributed by atoms with Gasteiger partial charge in [-0.2, -0.15) is 0 Å². The molecule has 2 aromatic rings. The number of ether oxygens (including phenoxy) is 2. The summed E-state index contributed by atoms with van der Waals surface area (Å²) in [5.74, 6) is -0.151. The molecule has 8 nitrogen and oxygen atoms in total. The lowest BCUT2D eigenvalue weighted by molar-refractivity contribution is -0.144. The molecule has 1 saturated carbocycles. The van der Waals surface area contributed by atoms with E-state index in [1.54, 1.807) is 38.5 Å². The first-order valence-corrected chi connectivity index (χ1v) is 12.6. The summed E-state index contributed by atoms with van der Waals surface area (Å²) in [6.45, 7) is 1.89. The highest BCUT2D eigenvalue weighted by molar-refractivity contribution is 6.21. The van der Waals surface area contributed by atoms with Gasteiger partial charge in [0.2, 0.25) is 0 Å². The van der Waals surface area contributed by atoms with E-state index in [1.165, 1.54) is 16.0 Å². The highest BCUT2D eigenvalue weighted by Gasteiger charge is 2.46. The van der Waals surface area contributed by atoms with Crippen LogP contribution in [0.5, 0.6) is 11.5 Å². The average Bonchev–Trinajstić information content (AvgIpc) is 3.14. The second-order valence-corrected chi connectivity index (χ2v) is 9.91. The van der Waals surface area contributed by atoms with E-state index in [0.29, 0.717) is 55.0 Å². The average molecular weight is 493 g/mol. The molecule has 2 heterocycles. The number of carbonyl (C=O) groups excluding carboxylic acids is 2. The Morgan fingerprint density at radius 1 is 1.00 bits per heavy atom. The number of fused-ring (bicyclic) bond motifs is 3. The normalized spacial score (nSPS) is 23.5. The van der Waals surface area contributed by atoms with Crippen LogP contribution >= 0.6 is 0 Å². The number of hydrogen-bond donors (Lipinski definition) is 1. The van der Waals surface area contributed by atoms with Gasteiger partial charge in [-0.1, -0.05) is 12.1 Å². The molecule has 2 amide bonds. The van der Waals surface area contributed by atoms with Crippen molar-refractivity contribution < 1.29 is 29.0 Å². The fourth-order valence-electron chi connectivity index (χ4n) is 6.32. The Balaban J connectivity index is 1.38. The molecule has 0 unspecified atom stereocenters. The molecule has 5 rings (SSSR count). The molecular formula is C28H32N2O6. The van der Waals surface area contributed by atoms with Crippen molar-refractivity contribution in [2.24, 2.45) is 5.92 Å². The highest BCUT2D eigenvalue weighted by Crippen LogP contribution is 2.50. The Morgan fingerprint density at radius 2 is 1.61 bits per heavy atom. The number of carboxylic acids is 1. The van der Waals surface area contributed by atoms with Crippen LogP contribution < -0.4 is 9.47 Å². The third-order valence-electron chi connectivity index (χ3n) is 8.22. The van der Waals surface area contributed by atoms with E-state index in [9.17, 15) is 19.5 Å². The number of nitrogens with zero attached hydrogens (tertiary/aromatic N) is 2.